The second-order valence-electron chi connectivity index (χ2n) is 4.07. The van der Waals surface area contributed by atoms with E-state index in [4.69, 9.17) is 4.74 Å². The second-order valence-corrected chi connectivity index (χ2v) is 4.07. The molecule has 4 nitrogen and oxygen atoms in total. The minimum Gasteiger partial charge on any atom is -0.379 e. The minimum absolute atomic E-state index is 0.395. The van der Waals surface area contributed by atoms with Crippen LogP contribution in [0.2, 0.25) is 0 Å². The number of anilines is 1. The molecular formula is C12H19N3O. The molecule has 16 heavy (non-hydrogen) atoms. The van der Waals surface area contributed by atoms with E-state index in [2.05, 4.69) is 29.1 Å². The Morgan fingerprint density at radius 1 is 1.44 bits per heavy atom. The largest absolute Gasteiger partial charge is 0.379 e. The number of nitrogens with one attached hydrogen (secondary N) is 1. The summed E-state index contributed by atoms with van der Waals surface area (Å²) in [6.07, 6.45) is 4.76. The van der Waals surface area contributed by atoms with Crippen molar-refractivity contribution in [2.45, 2.75) is 39.2 Å². The maximum atomic E-state index is 5.35. The number of aromatic nitrogens is 2. The molecule has 1 aromatic rings. The van der Waals surface area contributed by atoms with Gasteiger partial charge in [0.2, 0.25) is 0 Å². The molecule has 2 rings (SSSR count). The lowest BCUT2D eigenvalue weighted by Gasteiger charge is -2.14. The molecule has 0 radical (unpaired) electrons. The lowest BCUT2D eigenvalue weighted by atomic mass is 10.2. The Labute approximate surface area is 96.4 Å². The molecule has 1 aliphatic heterocycles. The molecule has 0 aliphatic carbocycles. The highest BCUT2D eigenvalue weighted by atomic mass is 16.5. The summed E-state index contributed by atoms with van der Waals surface area (Å²) < 4.78 is 5.35. The van der Waals surface area contributed by atoms with Crippen LogP contribution in [0.15, 0.2) is 6.20 Å². The molecule has 1 aliphatic rings. The normalized spacial score (nSPS) is 20.0. The van der Waals surface area contributed by atoms with Crippen molar-refractivity contribution >= 4 is 5.82 Å². The Kier molecular flexibility index (Phi) is 3.72. The maximum Gasteiger partial charge on any atom is 0.148 e. The van der Waals surface area contributed by atoms with Crippen LogP contribution in [0.25, 0.3) is 0 Å². The van der Waals surface area contributed by atoms with Crippen molar-refractivity contribution in [3.05, 3.63) is 17.6 Å². The summed E-state index contributed by atoms with van der Waals surface area (Å²) in [5.41, 5.74) is 2.09. The molecule has 1 unspecified atom stereocenters. The van der Waals surface area contributed by atoms with Crippen molar-refractivity contribution in [3.63, 3.8) is 0 Å². The minimum atomic E-state index is 0.395. The van der Waals surface area contributed by atoms with E-state index in [0.717, 1.165) is 49.7 Å². The first-order chi connectivity index (χ1) is 7.83. The number of hydrogen-bond acceptors (Lipinski definition) is 4. The van der Waals surface area contributed by atoms with Crippen molar-refractivity contribution in [1.82, 2.24) is 9.97 Å². The van der Waals surface area contributed by atoms with Crippen LogP contribution in [0.1, 0.15) is 31.7 Å². The predicted octanol–water partition coefficient (Wildman–Crippen LogP) is 1.80. The summed E-state index contributed by atoms with van der Waals surface area (Å²) in [4.78, 5) is 9.04. The molecule has 2 heterocycles. The molecule has 4 heteroatoms. The van der Waals surface area contributed by atoms with Gasteiger partial charge in [-0.3, -0.25) is 4.98 Å². The van der Waals surface area contributed by atoms with Crippen LogP contribution in [0.3, 0.4) is 0 Å². The summed E-state index contributed by atoms with van der Waals surface area (Å²) in [6, 6.07) is 0.395. The quantitative estimate of drug-likeness (QED) is 0.842. The van der Waals surface area contributed by atoms with Crippen molar-refractivity contribution in [2.75, 3.05) is 18.5 Å². The molecule has 1 saturated heterocycles. The molecule has 1 N–H and O–H groups in total. The van der Waals surface area contributed by atoms with Crippen LogP contribution < -0.4 is 5.32 Å². The molecule has 0 amide bonds. The topological polar surface area (TPSA) is 47.0 Å². The summed E-state index contributed by atoms with van der Waals surface area (Å²) in [6.45, 7) is 5.82. The zero-order valence-electron chi connectivity index (χ0n) is 9.99. The van der Waals surface area contributed by atoms with Crippen LogP contribution in [0.5, 0.6) is 0 Å². The number of aryl methyl sites for hydroxylation is 2. The van der Waals surface area contributed by atoms with Gasteiger partial charge in [-0.25, -0.2) is 4.98 Å². The fourth-order valence-corrected chi connectivity index (χ4v) is 1.84. The van der Waals surface area contributed by atoms with Gasteiger partial charge < -0.3 is 10.1 Å². The van der Waals surface area contributed by atoms with Gasteiger partial charge in [0.15, 0.2) is 0 Å². The smallest absolute Gasteiger partial charge is 0.148 e. The Bertz CT molecular complexity index is 348. The molecular weight excluding hydrogens is 202 g/mol. The van der Waals surface area contributed by atoms with E-state index < -0.39 is 0 Å². The standard InChI is InChI=1S/C12H19N3O/c1-3-9-7-13-11(4-2)12(14-9)15-10-5-6-16-8-10/h7,10H,3-6,8H2,1-2H3,(H,14,15). The van der Waals surface area contributed by atoms with Gasteiger partial charge in [-0.05, 0) is 19.3 Å². The van der Waals surface area contributed by atoms with E-state index in [1.165, 1.54) is 0 Å². The van der Waals surface area contributed by atoms with Crippen LogP contribution in [-0.4, -0.2) is 29.2 Å². The summed E-state index contributed by atoms with van der Waals surface area (Å²) in [5.74, 6) is 0.942. The Morgan fingerprint density at radius 2 is 2.31 bits per heavy atom. The average Bonchev–Trinajstić information content (AvgIpc) is 2.82. The third kappa shape index (κ3) is 2.50. The van der Waals surface area contributed by atoms with Gasteiger partial charge in [-0.15, -0.1) is 0 Å². The highest BCUT2D eigenvalue weighted by Crippen LogP contribution is 2.16. The average molecular weight is 221 g/mol. The van der Waals surface area contributed by atoms with Gasteiger partial charge in [-0.1, -0.05) is 13.8 Å². The third-order valence-corrected chi connectivity index (χ3v) is 2.87. The molecule has 1 fully saturated rings. The van der Waals surface area contributed by atoms with E-state index >= 15 is 0 Å². The molecule has 0 aromatic carbocycles. The van der Waals surface area contributed by atoms with Gasteiger partial charge in [0.25, 0.3) is 0 Å². The van der Waals surface area contributed by atoms with Gasteiger partial charge in [-0.2, -0.15) is 0 Å². The van der Waals surface area contributed by atoms with E-state index in [1.54, 1.807) is 0 Å². The predicted molar refractivity (Wildman–Crippen MR) is 63.6 cm³/mol. The van der Waals surface area contributed by atoms with E-state index in [1.807, 2.05) is 6.20 Å². The van der Waals surface area contributed by atoms with Gasteiger partial charge in [0.1, 0.15) is 5.82 Å². The first-order valence-corrected chi connectivity index (χ1v) is 6.02. The molecule has 1 aromatic heterocycles. The van der Waals surface area contributed by atoms with Gasteiger partial charge in [0, 0.05) is 12.8 Å². The van der Waals surface area contributed by atoms with Crippen LogP contribution in [-0.2, 0) is 17.6 Å². The maximum absolute atomic E-state index is 5.35. The van der Waals surface area contributed by atoms with Crippen molar-refractivity contribution in [3.8, 4) is 0 Å². The number of nitrogens with zero attached hydrogens (tertiary/aromatic N) is 2. The fraction of sp³-hybridized carbons (Fsp3) is 0.667. The molecule has 88 valence electrons. The molecule has 1 atom stereocenters. The molecule has 0 saturated carbocycles. The Hall–Kier alpha value is -1.16. The van der Waals surface area contributed by atoms with Crippen molar-refractivity contribution in [2.24, 2.45) is 0 Å². The SMILES string of the molecule is CCc1cnc(CC)c(NC2CCOC2)n1. The summed E-state index contributed by atoms with van der Waals surface area (Å²) in [7, 11) is 0. The monoisotopic (exact) mass is 221 g/mol. The van der Waals surface area contributed by atoms with Crippen molar-refractivity contribution in [1.29, 1.82) is 0 Å². The number of hydrogen-bond donors (Lipinski definition) is 1. The van der Waals surface area contributed by atoms with Crippen LogP contribution >= 0.6 is 0 Å². The summed E-state index contributed by atoms with van der Waals surface area (Å²) in [5, 5.41) is 3.44. The lowest BCUT2D eigenvalue weighted by Crippen LogP contribution is -2.21. The van der Waals surface area contributed by atoms with E-state index in [9.17, 15) is 0 Å². The van der Waals surface area contributed by atoms with Crippen LogP contribution in [0.4, 0.5) is 5.82 Å². The molecule has 0 bridgehead atoms. The van der Waals surface area contributed by atoms with Crippen molar-refractivity contribution < 1.29 is 4.74 Å². The van der Waals surface area contributed by atoms with Gasteiger partial charge in [0.05, 0.1) is 24.0 Å². The number of ether oxygens (including phenoxy) is 1. The zero-order chi connectivity index (χ0) is 11.4. The Morgan fingerprint density at radius 3 is 2.94 bits per heavy atom. The summed E-state index contributed by atoms with van der Waals surface area (Å²) >= 11 is 0. The highest BCUT2D eigenvalue weighted by Gasteiger charge is 2.17. The van der Waals surface area contributed by atoms with Crippen LogP contribution in [0, 0.1) is 0 Å². The third-order valence-electron chi connectivity index (χ3n) is 2.87. The molecule has 0 spiro atoms. The first kappa shape index (κ1) is 11.3. The lowest BCUT2D eigenvalue weighted by molar-refractivity contribution is 0.195. The first-order valence-electron chi connectivity index (χ1n) is 6.02. The highest BCUT2D eigenvalue weighted by molar-refractivity contribution is 5.41. The van der Waals surface area contributed by atoms with E-state index in [0.29, 0.717) is 6.04 Å². The Balaban J connectivity index is 2.15. The van der Waals surface area contributed by atoms with Gasteiger partial charge >= 0.3 is 0 Å². The van der Waals surface area contributed by atoms with E-state index in [-0.39, 0.29) is 0 Å². The number of rotatable bonds is 4. The second kappa shape index (κ2) is 5.25. The fourth-order valence-electron chi connectivity index (χ4n) is 1.84. The zero-order valence-corrected chi connectivity index (χ0v) is 9.99.